The van der Waals surface area contributed by atoms with Crippen molar-refractivity contribution in [1.82, 2.24) is 5.32 Å². The Morgan fingerprint density at radius 2 is 2.31 bits per heavy atom. The lowest BCUT2D eigenvalue weighted by Gasteiger charge is -2.08. The van der Waals surface area contributed by atoms with Crippen LogP contribution in [-0.2, 0) is 0 Å². The fourth-order valence-electron chi connectivity index (χ4n) is 1.16. The van der Waals surface area contributed by atoms with Gasteiger partial charge in [-0.05, 0) is 47.5 Å². The highest BCUT2D eigenvalue weighted by Crippen LogP contribution is 2.17. The number of aliphatic hydroxyl groups excluding tert-OH is 1. The van der Waals surface area contributed by atoms with Crippen molar-refractivity contribution in [2.75, 3.05) is 6.54 Å². The standard InChI is InChI=1S/C11H13BrFNO2/c1-7(15)4-5-14-11(16)9-3-2-8(13)6-10(9)12/h2-3,6-7,15H,4-5H2,1H3,(H,14,16). The number of benzene rings is 1. The zero-order valence-corrected chi connectivity index (χ0v) is 10.4. The lowest BCUT2D eigenvalue weighted by atomic mass is 10.2. The van der Waals surface area contributed by atoms with Crippen molar-refractivity contribution in [2.24, 2.45) is 0 Å². The molecule has 0 aliphatic rings. The lowest BCUT2D eigenvalue weighted by molar-refractivity contribution is 0.0945. The van der Waals surface area contributed by atoms with Crippen LogP contribution in [0.15, 0.2) is 22.7 Å². The first kappa shape index (κ1) is 13.1. The van der Waals surface area contributed by atoms with E-state index in [4.69, 9.17) is 5.11 Å². The SMILES string of the molecule is CC(O)CCNC(=O)c1ccc(F)cc1Br. The second kappa shape index (κ2) is 5.96. The summed E-state index contributed by atoms with van der Waals surface area (Å²) in [4.78, 5) is 11.6. The first-order valence-corrected chi connectivity index (χ1v) is 5.71. The van der Waals surface area contributed by atoms with Crippen LogP contribution >= 0.6 is 15.9 Å². The third-order valence-corrected chi connectivity index (χ3v) is 2.68. The zero-order valence-electron chi connectivity index (χ0n) is 8.84. The van der Waals surface area contributed by atoms with Crippen LogP contribution in [0.3, 0.4) is 0 Å². The summed E-state index contributed by atoms with van der Waals surface area (Å²) in [5.41, 5.74) is 0.381. The predicted octanol–water partition coefficient (Wildman–Crippen LogP) is 2.09. The van der Waals surface area contributed by atoms with Gasteiger partial charge in [0, 0.05) is 11.0 Å². The average molecular weight is 290 g/mol. The first-order chi connectivity index (χ1) is 7.50. The minimum atomic E-state index is -0.447. The molecular weight excluding hydrogens is 277 g/mol. The molecule has 1 atom stereocenters. The van der Waals surface area contributed by atoms with Crippen LogP contribution in [0.5, 0.6) is 0 Å². The van der Waals surface area contributed by atoms with Crippen molar-refractivity contribution in [3.05, 3.63) is 34.1 Å². The highest BCUT2D eigenvalue weighted by Gasteiger charge is 2.10. The Balaban J connectivity index is 2.59. The van der Waals surface area contributed by atoms with E-state index in [1.165, 1.54) is 18.2 Å². The van der Waals surface area contributed by atoms with Gasteiger partial charge in [-0.15, -0.1) is 0 Å². The van der Waals surface area contributed by atoms with E-state index in [1.54, 1.807) is 6.92 Å². The summed E-state index contributed by atoms with van der Waals surface area (Å²) in [6, 6.07) is 3.88. The number of hydrogen-bond donors (Lipinski definition) is 2. The molecule has 0 spiro atoms. The summed E-state index contributed by atoms with van der Waals surface area (Å²) in [7, 11) is 0. The number of rotatable bonds is 4. The van der Waals surface area contributed by atoms with Crippen LogP contribution in [0.1, 0.15) is 23.7 Å². The molecule has 0 heterocycles. The van der Waals surface area contributed by atoms with Crippen LogP contribution in [-0.4, -0.2) is 23.7 Å². The molecule has 0 saturated heterocycles. The summed E-state index contributed by atoms with van der Waals surface area (Å²) < 4.78 is 13.2. The van der Waals surface area contributed by atoms with Crippen molar-refractivity contribution in [1.29, 1.82) is 0 Å². The molecule has 1 aromatic rings. The van der Waals surface area contributed by atoms with Gasteiger partial charge in [-0.25, -0.2) is 4.39 Å². The van der Waals surface area contributed by atoms with Crippen LogP contribution in [0.25, 0.3) is 0 Å². The van der Waals surface area contributed by atoms with Gasteiger partial charge in [0.15, 0.2) is 0 Å². The Morgan fingerprint density at radius 1 is 1.62 bits per heavy atom. The highest BCUT2D eigenvalue weighted by atomic mass is 79.9. The van der Waals surface area contributed by atoms with Gasteiger partial charge in [0.25, 0.3) is 5.91 Å². The molecular formula is C11H13BrFNO2. The topological polar surface area (TPSA) is 49.3 Å². The Bertz CT molecular complexity index is 382. The second-order valence-corrected chi connectivity index (χ2v) is 4.37. The Kier molecular flexibility index (Phi) is 4.89. The summed E-state index contributed by atoms with van der Waals surface area (Å²) in [5, 5.41) is 11.7. The van der Waals surface area contributed by atoms with Gasteiger partial charge in [0.1, 0.15) is 5.82 Å². The van der Waals surface area contributed by atoms with Crippen molar-refractivity contribution in [3.63, 3.8) is 0 Å². The first-order valence-electron chi connectivity index (χ1n) is 4.92. The molecule has 2 N–H and O–H groups in total. The maximum absolute atomic E-state index is 12.8. The van der Waals surface area contributed by atoms with E-state index >= 15 is 0 Å². The highest BCUT2D eigenvalue weighted by molar-refractivity contribution is 9.10. The number of hydrogen-bond acceptors (Lipinski definition) is 2. The van der Waals surface area contributed by atoms with Gasteiger partial charge in [-0.3, -0.25) is 4.79 Å². The van der Waals surface area contributed by atoms with Crippen molar-refractivity contribution in [2.45, 2.75) is 19.4 Å². The molecule has 0 fully saturated rings. The number of amides is 1. The lowest BCUT2D eigenvalue weighted by Crippen LogP contribution is -2.26. The fourth-order valence-corrected chi connectivity index (χ4v) is 1.69. The average Bonchev–Trinajstić information content (AvgIpc) is 2.16. The van der Waals surface area contributed by atoms with Crippen molar-refractivity contribution >= 4 is 21.8 Å². The molecule has 88 valence electrons. The van der Waals surface area contributed by atoms with Crippen molar-refractivity contribution in [3.8, 4) is 0 Å². The van der Waals surface area contributed by atoms with E-state index < -0.39 is 11.9 Å². The molecule has 0 saturated carbocycles. The van der Waals surface area contributed by atoms with Gasteiger partial charge in [0.2, 0.25) is 0 Å². The minimum Gasteiger partial charge on any atom is -0.393 e. The number of carbonyl (C=O) groups excluding carboxylic acids is 1. The second-order valence-electron chi connectivity index (χ2n) is 3.52. The molecule has 0 radical (unpaired) electrons. The number of carbonyl (C=O) groups is 1. The van der Waals surface area contributed by atoms with Gasteiger partial charge in [-0.2, -0.15) is 0 Å². The molecule has 0 bridgehead atoms. The summed E-state index contributed by atoms with van der Waals surface area (Å²) in [6.45, 7) is 2.04. The Labute approximate surface area is 102 Å². The number of halogens is 2. The third kappa shape index (κ3) is 3.90. The molecule has 1 amide bonds. The molecule has 1 rings (SSSR count). The Morgan fingerprint density at radius 3 is 2.88 bits per heavy atom. The predicted molar refractivity (Wildman–Crippen MR) is 62.7 cm³/mol. The maximum atomic E-state index is 12.8. The van der Waals surface area contributed by atoms with Crippen molar-refractivity contribution < 1.29 is 14.3 Å². The van der Waals surface area contributed by atoms with E-state index in [0.717, 1.165) is 0 Å². The molecule has 3 nitrogen and oxygen atoms in total. The van der Waals surface area contributed by atoms with Gasteiger partial charge < -0.3 is 10.4 Å². The smallest absolute Gasteiger partial charge is 0.252 e. The van der Waals surface area contributed by atoms with Crippen LogP contribution in [0.2, 0.25) is 0 Å². The van der Waals surface area contributed by atoms with E-state index in [-0.39, 0.29) is 5.91 Å². The molecule has 0 aliphatic heterocycles. The maximum Gasteiger partial charge on any atom is 0.252 e. The van der Waals surface area contributed by atoms with Crippen LogP contribution in [0.4, 0.5) is 4.39 Å². The largest absolute Gasteiger partial charge is 0.393 e. The summed E-state index contributed by atoms with van der Waals surface area (Å²) in [6.07, 6.45) is 0.0434. The molecule has 16 heavy (non-hydrogen) atoms. The third-order valence-electron chi connectivity index (χ3n) is 2.02. The minimum absolute atomic E-state index is 0.285. The van der Waals surface area contributed by atoms with E-state index in [9.17, 15) is 9.18 Å². The summed E-state index contributed by atoms with van der Waals surface area (Å²) >= 11 is 3.12. The van der Waals surface area contributed by atoms with Crippen LogP contribution in [0, 0.1) is 5.82 Å². The molecule has 5 heteroatoms. The quantitative estimate of drug-likeness (QED) is 0.892. The van der Waals surface area contributed by atoms with E-state index in [1.807, 2.05) is 0 Å². The van der Waals surface area contributed by atoms with Gasteiger partial charge >= 0.3 is 0 Å². The van der Waals surface area contributed by atoms with Crippen LogP contribution < -0.4 is 5.32 Å². The molecule has 0 aromatic heterocycles. The summed E-state index contributed by atoms with van der Waals surface area (Å²) in [5.74, 6) is -0.681. The monoisotopic (exact) mass is 289 g/mol. The molecule has 1 unspecified atom stereocenters. The normalized spacial score (nSPS) is 12.2. The van der Waals surface area contributed by atoms with Gasteiger partial charge in [0.05, 0.1) is 11.7 Å². The van der Waals surface area contributed by atoms with E-state index in [2.05, 4.69) is 21.2 Å². The fraction of sp³-hybridized carbons (Fsp3) is 0.364. The molecule has 0 aliphatic carbocycles. The number of aliphatic hydroxyl groups is 1. The van der Waals surface area contributed by atoms with Gasteiger partial charge in [-0.1, -0.05) is 0 Å². The number of nitrogens with one attached hydrogen (secondary N) is 1. The molecule has 1 aromatic carbocycles. The Hall–Kier alpha value is -0.940. The van der Waals surface area contributed by atoms with E-state index in [0.29, 0.717) is 23.0 Å². The zero-order chi connectivity index (χ0) is 12.1.